The molecule has 2 aromatic rings. The normalized spacial score (nSPS) is 10.6. The summed E-state index contributed by atoms with van der Waals surface area (Å²) in [7, 11) is 3.60. The van der Waals surface area contributed by atoms with E-state index in [4.69, 9.17) is 10.5 Å². The molecule has 0 saturated heterocycles. The van der Waals surface area contributed by atoms with Gasteiger partial charge in [-0.1, -0.05) is 0 Å². The maximum Gasteiger partial charge on any atom is 0.143 e. The van der Waals surface area contributed by atoms with E-state index in [1.54, 1.807) is 7.11 Å². The molecule has 13 heavy (non-hydrogen) atoms. The van der Waals surface area contributed by atoms with Crippen LogP contribution in [0, 0.1) is 0 Å². The van der Waals surface area contributed by atoms with Gasteiger partial charge in [0, 0.05) is 18.6 Å². The van der Waals surface area contributed by atoms with Gasteiger partial charge in [-0.15, -0.1) is 0 Å². The van der Waals surface area contributed by atoms with E-state index in [0.29, 0.717) is 5.69 Å². The zero-order chi connectivity index (χ0) is 9.42. The van der Waals surface area contributed by atoms with Crippen molar-refractivity contribution in [3.63, 3.8) is 0 Å². The molecule has 2 rings (SSSR count). The van der Waals surface area contributed by atoms with Gasteiger partial charge in [-0.2, -0.15) is 0 Å². The van der Waals surface area contributed by atoms with Crippen molar-refractivity contribution in [3.05, 3.63) is 24.4 Å². The van der Waals surface area contributed by atoms with Crippen molar-refractivity contribution in [2.45, 2.75) is 0 Å². The van der Waals surface area contributed by atoms with Crippen LogP contribution in [0.25, 0.3) is 10.9 Å². The van der Waals surface area contributed by atoms with Gasteiger partial charge in [-0.3, -0.25) is 0 Å². The number of anilines is 1. The number of nitrogens with two attached hydrogens (primary N) is 1. The number of fused-ring (bicyclic) bond motifs is 1. The summed E-state index contributed by atoms with van der Waals surface area (Å²) >= 11 is 0. The second-order valence-electron chi connectivity index (χ2n) is 3.05. The van der Waals surface area contributed by atoms with Gasteiger partial charge in [-0.25, -0.2) is 0 Å². The van der Waals surface area contributed by atoms with Crippen molar-refractivity contribution >= 4 is 16.6 Å². The SMILES string of the molecule is COc1ccc2ccn(C)c2c1N. The molecule has 68 valence electrons. The van der Waals surface area contributed by atoms with Crippen LogP contribution in [-0.2, 0) is 7.05 Å². The van der Waals surface area contributed by atoms with Crippen molar-refractivity contribution < 1.29 is 4.74 Å². The number of hydrogen-bond donors (Lipinski definition) is 1. The average molecular weight is 176 g/mol. The van der Waals surface area contributed by atoms with Crippen LogP contribution in [-0.4, -0.2) is 11.7 Å². The van der Waals surface area contributed by atoms with Crippen LogP contribution in [0.1, 0.15) is 0 Å². The van der Waals surface area contributed by atoms with Crippen LogP contribution in [0.4, 0.5) is 5.69 Å². The number of aromatic nitrogens is 1. The number of aryl methyl sites for hydroxylation is 1. The lowest BCUT2D eigenvalue weighted by Crippen LogP contribution is -1.96. The molecule has 0 aliphatic rings. The van der Waals surface area contributed by atoms with E-state index in [1.165, 1.54) is 0 Å². The minimum Gasteiger partial charge on any atom is -0.495 e. The summed E-state index contributed by atoms with van der Waals surface area (Å²) in [5, 5.41) is 1.14. The molecule has 0 amide bonds. The molecule has 0 spiro atoms. The number of benzene rings is 1. The molecule has 3 nitrogen and oxygen atoms in total. The third-order valence-electron chi connectivity index (χ3n) is 2.26. The lowest BCUT2D eigenvalue weighted by atomic mass is 10.2. The Morgan fingerprint density at radius 1 is 1.31 bits per heavy atom. The Morgan fingerprint density at radius 3 is 2.77 bits per heavy atom. The fraction of sp³-hybridized carbons (Fsp3) is 0.200. The molecular weight excluding hydrogens is 164 g/mol. The molecular formula is C10H12N2O. The number of rotatable bonds is 1. The third kappa shape index (κ3) is 1.04. The first-order valence-electron chi connectivity index (χ1n) is 4.11. The lowest BCUT2D eigenvalue weighted by molar-refractivity contribution is 0.417. The molecule has 0 bridgehead atoms. The van der Waals surface area contributed by atoms with Gasteiger partial charge in [0.15, 0.2) is 0 Å². The molecule has 1 aromatic carbocycles. The summed E-state index contributed by atoms with van der Waals surface area (Å²) in [5.41, 5.74) is 7.66. The predicted molar refractivity (Wildman–Crippen MR) is 53.9 cm³/mol. The highest BCUT2D eigenvalue weighted by Gasteiger charge is 2.06. The lowest BCUT2D eigenvalue weighted by Gasteiger charge is -2.06. The van der Waals surface area contributed by atoms with Crippen LogP contribution in [0.15, 0.2) is 24.4 Å². The zero-order valence-corrected chi connectivity index (χ0v) is 7.74. The largest absolute Gasteiger partial charge is 0.495 e. The van der Waals surface area contributed by atoms with E-state index in [2.05, 4.69) is 0 Å². The molecule has 3 heteroatoms. The molecule has 0 atom stereocenters. The first-order valence-corrected chi connectivity index (χ1v) is 4.11. The number of ether oxygens (including phenoxy) is 1. The Labute approximate surface area is 76.7 Å². The minimum absolute atomic E-state index is 0.701. The quantitative estimate of drug-likeness (QED) is 0.673. The van der Waals surface area contributed by atoms with Gasteiger partial charge in [0.2, 0.25) is 0 Å². The first kappa shape index (κ1) is 7.98. The summed E-state index contributed by atoms with van der Waals surface area (Å²) in [6.07, 6.45) is 1.99. The van der Waals surface area contributed by atoms with E-state index in [-0.39, 0.29) is 0 Å². The first-order chi connectivity index (χ1) is 6.24. The van der Waals surface area contributed by atoms with Crippen molar-refractivity contribution in [2.24, 2.45) is 7.05 Å². The van der Waals surface area contributed by atoms with Gasteiger partial charge in [0.1, 0.15) is 5.75 Å². The standard InChI is InChI=1S/C10H12N2O/c1-12-6-5-7-3-4-8(13-2)9(11)10(7)12/h3-6H,11H2,1-2H3. The Kier molecular flexibility index (Phi) is 1.65. The topological polar surface area (TPSA) is 40.2 Å². The highest BCUT2D eigenvalue weighted by atomic mass is 16.5. The Hall–Kier alpha value is -1.64. The van der Waals surface area contributed by atoms with Crippen molar-refractivity contribution in [3.8, 4) is 5.75 Å². The minimum atomic E-state index is 0.701. The van der Waals surface area contributed by atoms with Crippen LogP contribution < -0.4 is 10.5 Å². The van der Waals surface area contributed by atoms with Gasteiger partial charge in [0.25, 0.3) is 0 Å². The maximum atomic E-state index is 5.93. The van der Waals surface area contributed by atoms with Gasteiger partial charge in [-0.05, 0) is 18.2 Å². The number of hydrogen-bond acceptors (Lipinski definition) is 2. The Balaban J connectivity index is 2.83. The summed E-state index contributed by atoms with van der Waals surface area (Å²) < 4.78 is 7.13. The molecule has 0 radical (unpaired) electrons. The molecule has 1 heterocycles. The fourth-order valence-corrected chi connectivity index (χ4v) is 1.58. The van der Waals surface area contributed by atoms with E-state index >= 15 is 0 Å². The Morgan fingerprint density at radius 2 is 2.08 bits per heavy atom. The second kappa shape index (κ2) is 2.69. The van der Waals surface area contributed by atoms with E-state index in [1.807, 2.05) is 36.0 Å². The summed E-state index contributed by atoms with van der Waals surface area (Å²) in [5.74, 6) is 0.731. The Bertz CT molecular complexity index is 445. The van der Waals surface area contributed by atoms with Gasteiger partial charge in [0.05, 0.1) is 18.3 Å². The van der Waals surface area contributed by atoms with Gasteiger partial charge >= 0.3 is 0 Å². The van der Waals surface area contributed by atoms with Crippen LogP contribution in [0.3, 0.4) is 0 Å². The van der Waals surface area contributed by atoms with Gasteiger partial charge < -0.3 is 15.0 Å². The monoisotopic (exact) mass is 176 g/mol. The molecule has 0 aliphatic carbocycles. The van der Waals surface area contributed by atoms with Crippen molar-refractivity contribution in [1.82, 2.24) is 4.57 Å². The second-order valence-corrected chi connectivity index (χ2v) is 3.05. The molecule has 2 N–H and O–H groups in total. The van der Waals surface area contributed by atoms with E-state index in [0.717, 1.165) is 16.7 Å². The smallest absolute Gasteiger partial charge is 0.143 e. The maximum absolute atomic E-state index is 5.93. The van der Waals surface area contributed by atoms with E-state index in [9.17, 15) is 0 Å². The number of methoxy groups -OCH3 is 1. The van der Waals surface area contributed by atoms with Crippen LogP contribution >= 0.6 is 0 Å². The molecule has 0 fully saturated rings. The number of nitrogens with zero attached hydrogens (tertiary/aromatic N) is 1. The molecule has 0 aliphatic heterocycles. The van der Waals surface area contributed by atoms with Crippen molar-refractivity contribution in [2.75, 3.05) is 12.8 Å². The molecule has 0 unspecified atom stereocenters. The molecule has 1 aromatic heterocycles. The highest BCUT2D eigenvalue weighted by Crippen LogP contribution is 2.30. The summed E-state index contributed by atoms with van der Waals surface area (Å²) in [6, 6.07) is 5.92. The van der Waals surface area contributed by atoms with Crippen molar-refractivity contribution in [1.29, 1.82) is 0 Å². The summed E-state index contributed by atoms with van der Waals surface area (Å²) in [6.45, 7) is 0. The van der Waals surface area contributed by atoms with Crippen LogP contribution in [0.5, 0.6) is 5.75 Å². The summed E-state index contributed by atoms with van der Waals surface area (Å²) in [4.78, 5) is 0. The van der Waals surface area contributed by atoms with Crippen LogP contribution in [0.2, 0.25) is 0 Å². The highest BCUT2D eigenvalue weighted by molar-refractivity contribution is 5.93. The van der Waals surface area contributed by atoms with E-state index < -0.39 is 0 Å². The zero-order valence-electron chi connectivity index (χ0n) is 7.74. The third-order valence-corrected chi connectivity index (χ3v) is 2.26. The average Bonchev–Trinajstić information content (AvgIpc) is 2.49. The molecule has 0 saturated carbocycles. The predicted octanol–water partition coefficient (Wildman–Crippen LogP) is 1.77. The number of nitrogen functional groups attached to an aromatic ring is 1. The fourth-order valence-electron chi connectivity index (χ4n) is 1.58.